The van der Waals surface area contributed by atoms with E-state index in [0.29, 0.717) is 17.3 Å². The van der Waals surface area contributed by atoms with Crippen LogP contribution in [0.25, 0.3) is 5.95 Å². The lowest BCUT2D eigenvalue weighted by Gasteiger charge is -2.30. The fourth-order valence-electron chi connectivity index (χ4n) is 4.16. The SMILES string of the molecule is CN(C1CCCCC1)S(=O)(=O)c1ccc(C(=O)Nc2cc(C(C)(C)C)nn2-c2ncccn2)cc1. The number of nitrogens with one attached hydrogen (secondary N) is 1. The van der Waals surface area contributed by atoms with Gasteiger partial charge in [0.1, 0.15) is 5.82 Å². The van der Waals surface area contributed by atoms with Crippen LogP contribution in [0.5, 0.6) is 0 Å². The maximum atomic E-state index is 13.1. The number of sulfonamides is 1. The molecular formula is C25H32N6O3S. The zero-order chi connectivity index (χ0) is 25.2. The van der Waals surface area contributed by atoms with Gasteiger partial charge in [-0.25, -0.2) is 18.4 Å². The van der Waals surface area contributed by atoms with E-state index in [9.17, 15) is 13.2 Å². The monoisotopic (exact) mass is 496 g/mol. The number of hydrogen-bond donors (Lipinski definition) is 1. The molecule has 0 saturated heterocycles. The molecule has 1 N–H and O–H groups in total. The molecule has 0 unspecified atom stereocenters. The third-order valence-corrected chi connectivity index (χ3v) is 8.27. The van der Waals surface area contributed by atoms with Gasteiger partial charge < -0.3 is 5.32 Å². The van der Waals surface area contributed by atoms with E-state index in [0.717, 1.165) is 37.8 Å². The van der Waals surface area contributed by atoms with E-state index in [1.807, 2.05) is 20.8 Å². The lowest BCUT2D eigenvalue weighted by Crippen LogP contribution is -2.38. The van der Waals surface area contributed by atoms with Gasteiger partial charge in [-0.3, -0.25) is 4.79 Å². The number of carbonyl (C=O) groups is 1. The first-order valence-corrected chi connectivity index (χ1v) is 13.3. The van der Waals surface area contributed by atoms with Gasteiger partial charge in [0.15, 0.2) is 0 Å². The minimum Gasteiger partial charge on any atom is -0.306 e. The minimum atomic E-state index is -3.62. The number of anilines is 1. The molecule has 1 saturated carbocycles. The Morgan fingerprint density at radius 1 is 1.06 bits per heavy atom. The first-order chi connectivity index (χ1) is 16.6. The van der Waals surface area contributed by atoms with Crippen LogP contribution in [0.4, 0.5) is 5.82 Å². The first kappa shape index (κ1) is 25.0. The summed E-state index contributed by atoms with van der Waals surface area (Å²) in [7, 11) is -1.98. The number of hydrogen-bond acceptors (Lipinski definition) is 6. The van der Waals surface area contributed by atoms with Crippen LogP contribution >= 0.6 is 0 Å². The largest absolute Gasteiger partial charge is 0.306 e. The molecule has 0 atom stereocenters. The molecule has 2 heterocycles. The maximum Gasteiger partial charge on any atom is 0.256 e. The van der Waals surface area contributed by atoms with Crippen LogP contribution in [0.15, 0.2) is 53.7 Å². The summed E-state index contributed by atoms with van der Waals surface area (Å²) >= 11 is 0. The van der Waals surface area contributed by atoms with Crippen LogP contribution in [-0.2, 0) is 15.4 Å². The highest BCUT2D eigenvalue weighted by Gasteiger charge is 2.29. The molecule has 1 fully saturated rings. The third kappa shape index (κ3) is 5.43. The number of benzene rings is 1. The molecular weight excluding hydrogens is 464 g/mol. The summed E-state index contributed by atoms with van der Waals surface area (Å²) < 4.78 is 29.2. The van der Waals surface area contributed by atoms with Gasteiger partial charge in [-0.1, -0.05) is 40.0 Å². The Labute approximate surface area is 206 Å². The smallest absolute Gasteiger partial charge is 0.256 e. The molecule has 9 nitrogen and oxygen atoms in total. The van der Waals surface area contributed by atoms with Crippen LogP contribution in [0.2, 0.25) is 0 Å². The first-order valence-electron chi connectivity index (χ1n) is 11.8. The molecule has 35 heavy (non-hydrogen) atoms. The van der Waals surface area contributed by atoms with Crippen molar-refractivity contribution in [3.05, 3.63) is 60.0 Å². The van der Waals surface area contributed by atoms with Gasteiger partial charge in [0.05, 0.1) is 10.6 Å². The van der Waals surface area contributed by atoms with Crippen LogP contribution in [0.1, 0.15) is 68.9 Å². The Bertz CT molecular complexity index is 1270. The summed E-state index contributed by atoms with van der Waals surface area (Å²) in [5, 5.41) is 7.47. The number of rotatable bonds is 6. The summed E-state index contributed by atoms with van der Waals surface area (Å²) in [4.78, 5) is 21.7. The van der Waals surface area contributed by atoms with Crippen molar-refractivity contribution in [2.75, 3.05) is 12.4 Å². The van der Waals surface area contributed by atoms with E-state index >= 15 is 0 Å². The van der Waals surface area contributed by atoms with Gasteiger partial charge in [-0.2, -0.15) is 14.1 Å². The molecule has 1 amide bonds. The lowest BCUT2D eigenvalue weighted by molar-refractivity contribution is 0.102. The van der Waals surface area contributed by atoms with Crippen molar-refractivity contribution in [1.82, 2.24) is 24.1 Å². The van der Waals surface area contributed by atoms with Crippen LogP contribution < -0.4 is 5.32 Å². The summed E-state index contributed by atoms with van der Waals surface area (Å²) in [6.45, 7) is 6.09. The molecule has 2 aromatic heterocycles. The highest BCUT2D eigenvalue weighted by atomic mass is 32.2. The Morgan fingerprint density at radius 2 is 1.69 bits per heavy atom. The van der Waals surface area contributed by atoms with E-state index < -0.39 is 10.0 Å². The van der Waals surface area contributed by atoms with Crippen molar-refractivity contribution < 1.29 is 13.2 Å². The highest BCUT2D eigenvalue weighted by molar-refractivity contribution is 7.89. The van der Waals surface area contributed by atoms with E-state index in [-0.39, 0.29) is 22.3 Å². The number of carbonyl (C=O) groups excluding carboxylic acids is 1. The van der Waals surface area contributed by atoms with Crippen molar-refractivity contribution in [3.63, 3.8) is 0 Å². The molecule has 3 aromatic rings. The van der Waals surface area contributed by atoms with Crippen molar-refractivity contribution in [1.29, 1.82) is 0 Å². The van der Waals surface area contributed by atoms with Gasteiger partial charge in [-0.05, 0) is 43.2 Å². The van der Waals surface area contributed by atoms with Crippen LogP contribution in [-0.4, -0.2) is 51.5 Å². The zero-order valence-corrected chi connectivity index (χ0v) is 21.4. The van der Waals surface area contributed by atoms with Gasteiger partial charge in [-0.15, -0.1) is 0 Å². The van der Waals surface area contributed by atoms with Gasteiger partial charge in [0.2, 0.25) is 10.0 Å². The molecule has 1 aliphatic rings. The second-order valence-electron chi connectivity index (χ2n) is 9.92. The molecule has 4 rings (SSSR count). The average Bonchev–Trinajstić information content (AvgIpc) is 3.29. The zero-order valence-electron chi connectivity index (χ0n) is 20.6. The van der Waals surface area contributed by atoms with Gasteiger partial charge in [0.25, 0.3) is 11.9 Å². The fraction of sp³-hybridized carbons (Fsp3) is 0.440. The van der Waals surface area contributed by atoms with E-state index in [2.05, 4.69) is 20.4 Å². The number of nitrogens with zero attached hydrogens (tertiary/aromatic N) is 5. The Kier molecular flexibility index (Phi) is 7.05. The second-order valence-corrected chi connectivity index (χ2v) is 11.9. The lowest BCUT2D eigenvalue weighted by atomic mass is 9.92. The third-order valence-electron chi connectivity index (χ3n) is 6.34. The average molecular weight is 497 g/mol. The molecule has 0 radical (unpaired) electrons. The summed E-state index contributed by atoms with van der Waals surface area (Å²) in [6, 6.07) is 9.56. The standard InChI is InChI=1S/C25H32N6O3S/c1-25(2,3)21-17-22(31(29-21)24-26-15-8-16-27-24)28-23(32)18-11-13-20(14-12-18)35(33,34)30(4)19-9-6-5-7-10-19/h8,11-17,19H,5-7,9-10H2,1-4H3,(H,28,32). The number of aromatic nitrogens is 4. The quantitative estimate of drug-likeness (QED) is 0.549. The topological polar surface area (TPSA) is 110 Å². The molecule has 186 valence electrons. The maximum absolute atomic E-state index is 13.1. The highest BCUT2D eigenvalue weighted by Crippen LogP contribution is 2.28. The Morgan fingerprint density at radius 3 is 2.29 bits per heavy atom. The Balaban J connectivity index is 1.56. The van der Waals surface area contributed by atoms with E-state index in [1.54, 1.807) is 31.6 Å². The van der Waals surface area contributed by atoms with Crippen molar-refractivity contribution in [2.24, 2.45) is 0 Å². The van der Waals surface area contributed by atoms with Crippen molar-refractivity contribution in [2.45, 2.75) is 69.2 Å². The van der Waals surface area contributed by atoms with Gasteiger partial charge >= 0.3 is 0 Å². The minimum absolute atomic E-state index is 0.0224. The number of amides is 1. The van der Waals surface area contributed by atoms with Crippen molar-refractivity contribution >= 4 is 21.7 Å². The van der Waals surface area contributed by atoms with E-state index in [4.69, 9.17) is 0 Å². The van der Waals surface area contributed by atoms with E-state index in [1.165, 1.54) is 33.3 Å². The summed E-state index contributed by atoms with van der Waals surface area (Å²) in [5.74, 6) is 0.387. The molecule has 1 aromatic carbocycles. The van der Waals surface area contributed by atoms with Crippen molar-refractivity contribution in [3.8, 4) is 5.95 Å². The molecule has 10 heteroatoms. The summed E-state index contributed by atoms with van der Waals surface area (Å²) in [6.07, 6.45) is 8.22. The fourth-order valence-corrected chi connectivity index (χ4v) is 5.58. The second kappa shape index (κ2) is 9.87. The molecule has 0 spiro atoms. The molecule has 0 aliphatic heterocycles. The van der Waals surface area contributed by atoms with Crippen LogP contribution in [0.3, 0.4) is 0 Å². The Hall–Kier alpha value is -3.11. The predicted molar refractivity (Wildman–Crippen MR) is 134 cm³/mol. The predicted octanol–water partition coefficient (Wildman–Crippen LogP) is 4.17. The normalized spacial score (nSPS) is 15.3. The molecule has 1 aliphatic carbocycles. The summed E-state index contributed by atoms with van der Waals surface area (Å²) in [5.41, 5.74) is 0.857. The van der Waals surface area contributed by atoms with Crippen LogP contribution in [0, 0.1) is 0 Å². The molecule has 0 bridgehead atoms. The van der Waals surface area contributed by atoms with Gasteiger partial charge in [0, 0.05) is 42.5 Å².